The van der Waals surface area contributed by atoms with E-state index in [2.05, 4.69) is 50.5 Å². The van der Waals surface area contributed by atoms with E-state index in [9.17, 15) is 4.79 Å². The number of benzene rings is 3. The molecule has 3 aromatic carbocycles. The van der Waals surface area contributed by atoms with Crippen LogP contribution in [0.5, 0.6) is 11.5 Å². The molecule has 1 heterocycles. The molecule has 6 nitrogen and oxygen atoms in total. The second-order valence-corrected chi connectivity index (χ2v) is 10.8. The van der Waals surface area contributed by atoms with Crippen LogP contribution in [-0.2, 0) is 6.61 Å². The molecule has 0 aliphatic heterocycles. The number of aromatic nitrogens is 2. The zero-order chi connectivity index (χ0) is 25.8. The Hall–Kier alpha value is -2.43. The van der Waals surface area contributed by atoms with Crippen LogP contribution in [0.3, 0.4) is 0 Å². The van der Waals surface area contributed by atoms with Gasteiger partial charge in [-0.25, -0.2) is 4.98 Å². The van der Waals surface area contributed by atoms with Gasteiger partial charge in [-0.15, -0.1) is 0 Å². The summed E-state index contributed by atoms with van der Waals surface area (Å²) in [6.45, 7) is 4.48. The van der Waals surface area contributed by atoms with Gasteiger partial charge < -0.3 is 9.47 Å². The standard InChI is InChI=1S/C27H24BrClIN3O3/c1-4-16(2)26-32-23-10-7-19(28)13-21(23)27(34)33(26)31-14-18-11-22(30)25(24(12-18)35-3)36-15-17-5-8-20(29)9-6-17/h5-14,16H,4,15H2,1-3H3/t16-/m0/s1. The minimum Gasteiger partial charge on any atom is -0.493 e. The van der Waals surface area contributed by atoms with E-state index in [-0.39, 0.29) is 11.5 Å². The Morgan fingerprint density at radius 2 is 1.94 bits per heavy atom. The van der Waals surface area contributed by atoms with Gasteiger partial charge in [0.1, 0.15) is 12.4 Å². The van der Waals surface area contributed by atoms with Crippen molar-refractivity contribution in [3.05, 3.63) is 95.0 Å². The van der Waals surface area contributed by atoms with Crippen molar-refractivity contribution in [1.29, 1.82) is 0 Å². The maximum atomic E-state index is 13.4. The number of ether oxygens (including phenoxy) is 2. The predicted molar refractivity (Wildman–Crippen MR) is 157 cm³/mol. The molecular weight excluding hydrogens is 657 g/mol. The summed E-state index contributed by atoms with van der Waals surface area (Å²) < 4.78 is 14.7. The minimum absolute atomic E-state index is 0.0567. The monoisotopic (exact) mass is 679 g/mol. The van der Waals surface area contributed by atoms with Crippen LogP contribution in [-0.4, -0.2) is 23.0 Å². The van der Waals surface area contributed by atoms with Gasteiger partial charge in [0.15, 0.2) is 11.5 Å². The van der Waals surface area contributed by atoms with Crippen molar-refractivity contribution in [3.8, 4) is 11.5 Å². The summed E-state index contributed by atoms with van der Waals surface area (Å²) in [5.74, 6) is 1.90. The van der Waals surface area contributed by atoms with Crippen LogP contribution in [0.4, 0.5) is 0 Å². The third kappa shape index (κ3) is 5.92. The van der Waals surface area contributed by atoms with Crippen molar-refractivity contribution >= 4 is 67.2 Å². The highest BCUT2D eigenvalue weighted by Gasteiger charge is 2.16. The Balaban J connectivity index is 1.69. The Labute approximate surface area is 236 Å². The maximum absolute atomic E-state index is 13.4. The first kappa shape index (κ1) is 26.6. The van der Waals surface area contributed by atoms with Crippen LogP contribution < -0.4 is 15.0 Å². The van der Waals surface area contributed by atoms with E-state index >= 15 is 0 Å². The lowest BCUT2D eigenvalue weighted by atomic mass is 10.1. The smallest absolute Gasteiger partial charge is 0.282 e. The molecule has 0 N–H and O–H groups in total. The Morgan fingerprint density at radius 3 is 2.64 bits per heavy atom. The molecule has 36 heavy (non-hydrogen) atoms. The molecule has 0 saturated heterocycles. The normalized spacial score (nSPS) is 12.3. The Bertz CT molecular complexity index is 1490. The summed E-state index contributed by atoms with van der Waals surface area (Å²) in [5, 5.41) is 5.75. The van der Waals surface area contributed by atoms with Gasteiger partial charge in [-0.1, -0.05) is 53.5 Å². The highest BCUT2D eigenvalue weighted by Crippen LogP contribution is 2.34. The molecule has 1 atom stereocenters. The summed E-state index contributed by atoms with van der Waals surface area (Å²) in [7, 11) is 1.60. The van der Waals surface area contributed by atoms with Crippen molar-refractivity contribution < 1.29 is 9.47 Å². The largest absolute Gasteiger partial charge is 0.493 e. The molecule has 0 fully saturated rings. The van der Waals surface area contributed by atoms with Crippen molar-refractivity contribution in [1.82, 2.24) is 9.66 Å². The SMILES string of the molecule is CC[C@H](C)c1nc2ccc(Br)cc2c(=O)n1N=Cc1cc(I)c(OCc2ccc(Cl)cc2)c(OC)c1. The molecule has 0 unspecified atom stereocenters. The molecule has 4 rings (SSSR count). The first-order chi connectivity index (χ1) is 17.3. The molecule has 0 bridgehead atoms. The molecule has 0 spiro atoms. The molecule has 186 valence electrons. The van der Waals surface area contributed by atoms with Gasteiger partial charge in [0.05, 0.1) is 27.8 Å². The molecule has 0 saturated carbocycles. The molecule has 1 aromatic heterocycles. The van der Waals surface area contributed by atoms with Gasteiger partial charge in [0, 0.05) is 15.4 Å². The fraction of sp³-hybridized carbons (Fsp3) is 0.222. The van der Waals surface area contributed by atoms with Gasteiger partial charge in [-0.3, -0.25) is 4.79 Å². The fourth-order valence-corrected chi connectivity index (χ4v) is 4.86. The number of hydrogen-bond acceptors (Lipinski definition) is 5. The van der Waals surface area contributed by atoms with Crippen LogP contribution >= 0.6 is 50.1 Å². The van der Waals surface area contributed by atoms with E-state index in [0.717, 1.165) is 25.6 Å². The summed E-state index contributed by atoms with van der Waals surface area (Å²) in [5.41, 5.74) is 2.21. The van der Waals surface area contributed by atoms with Crippen molar-refractivity contribution in [2.75, 3.05) is 7.11 Å². The first-order valence-corrected chi connectivity index (χ1v) is 13.6. The highest BCUT2D eigenvalue weighted by atomic mass is 127. The van der Waals surface area contributed by atoms with Gasteiger partial charge in [0.25, 0.3) is 5.56 Å². The Morgan fingerprint density at radius 1 is 1.19 bits per heavy atom. The predicted octanol–water partition coefficient (Wildman–Crippen LogP) is 7.40. The zero-order valence-corrected chi connectivity index (χ0v) is 24.5. The van der Waals surface area contributed by atoms with Gasteiger partial charge in [-0.2, -0.15) is 9.78 Å². The van der Waals surface area contributed by atoms with Crippen molar-refractivity contribution in [3.63, 3.8) is 0 Å². The lowest BCUT2D eigenvalue weighted by Gasteiger charge is -2.15. The number of rotatable bonds is 8. The second-order valence-electron chi connectivity index (χ2n) is 8.25. The van der Waals surface area contributed by atoms with Crippen LogP contribution in [0, 0.1) is 3.57 Å². The third-order valence-electron chi connectivity index (χ3n) is 5.76. The van der Waals surface area contributed by atoms with E-state index in [1.54, 1.807) is 19.4 Å². The quantitative estimate of drug-likeness (QED) is 0.144. The molecule has 4 aromatic rings. The zero-order valence-electron chi connectivity index (χ0n) is 20.0. The van der Waals surface area contributed by atoms with E-state index in [1.807, 2.05) is 55.5 Å². The number of halogens is 3. The number of hydrogen-bond donors (Lipinski definition) is 0. The van der Waals surface area contributed by atoms with Crippen LogP contribution in [0.2, 0.25) is 5.02 Å². The van der Waals surface area contributed by atoms with E-state index in [4.69, 9.17) is 26.1 Å². The van der Waals surface area contributed by atoms with E-state index < -0.39 is 0 Å². The fourth-order valence-electron chi connectivity index (χ4n) is 3.59. The van der Waals surface area contributed by atoms with Crippen LogP contribution in [0.1, 0.15) is 43.1 Å². The maximum Gasteiger partial charge on any atom is 0.282 e. The molecule has 0 amide bonds. The molecule has 9 heteroatoms. The van der Waals surface area contributed by atoms with Crippen molar-refractivity contribution in [2.24, 2.45) is 5.10 Å². The topological polar surface area (TPSA) is 65.7 Å². The summed E-state index contributed by atoms with van der Waals surface area (Å²) >= 11 is 11.6. The van der Waals surface area contributed by atoms with Crippen LogP contribution in [0.15, 0.2) is 69.0 Å². The molecule has 0 aliphatic rings. The third-order valence-corrected chi connectivity index (χ3v) is 7.30. The summed E-state index contributed by atoms with van der Waals surface area (Å²) in [6.07, 6.45) is 2.47. The molecular formula is C27H24BrClIN3O3. The molecule has 0 aliphatic carbocycles. The van der Waals surface area contributed by atoms with Crippen molar-refractivity contribution in [2.45, 2.75) is 32.8 Å². The summed E-state index contributed by atoms with van der Waals surface area (Å²) in [4.78, 5) is 18.1. The minimum atomic E-state index is -0.211. The van der Waals surface area contributed by atoms with E-state index in [0.29, 0.717) is 39.9 Å². The average Bonchev–Trinajstić information content (AvgIpc) is 2.87. The lowest BCUT2D eigenvalue weighted by Crippen LogP contribution is -2.23. The van der Waals surface area contributed by atoms with Gasteiger partial charge in [0.2, 0.25) is 0 Å². The highest BCUT2D eigenvalue weighted by molar-refractivity contribution is 14.1. The number of nitrogens with zero attached hydrogens (tertiary/aromatic N) is 3. The first-order valence-electron chi connectivity index (χ1n) is 11.3. The van der Waals surface area contributed by atoms with E-state index in [1.165, 1.54) is 4.68 Å². The Kier molecular flexibility index (Phi) is 8.69. The number of methoxy groups -OCH3 is 1. The van der Waals surface area contributed by atoms with Crippen LogP contribution in [0.25, 0.3) is 10.9 Å². The van der Waals surface area contributed by atoms with Gasteiger partial charge >= 0.3 is 0 Å². The summed E-state index contributed by atoms with van der Waals surface area (Å²) in [6, 6.07) is 16.8. The number of fused-ring (bicyclic) bond motifs is 1. The second kappa shape index (κ2) is 11.7. The average molecular weight is 681 g/mol. The molecule has 0 radical (unpaired) electrons. The van der Waals surface area contributed by atoms with Gasteiger partial charge in [-0.05, 0) is 82.6 Å². The lowest BCUT2D eigenvalue weighted by molar-refractivity contribution is 0.282.